The molecule has 1 fully saturated rings. The SMILES string of the molecule is CC1CCCCC1N(C)C(=O)c1ccncc1C#CCN. The Kier molecular flexibility index (Phi) is 5.35. The molecule has 2 N–H and O–H groups in total. The van der Waals surface area contributed by atoms with Crippen LogP contribution in [0.2, 0.25) is 0 Å². The van der Waals surface area contributed by atoms with Crippen molar-refractivity contribution in [2.24, 2.45) is 11.7 Å². The van der Waals surface area contributed by atoms with Crippen molar-refractivity contribution in [3.8, 4) is 11.8 Å². The van der Waals surface area contributed by atoms with E-state index in [1.165, 1.54) is 19.3 Å². The summed E-state index contributed by atoms with van der Waals surface area (Å²) < 4.78 is 0. The van der Waals surface area contributed by atoms with Crippen LogP contribution in [0.1, 0.15) is 48.5 Å². The first kappa shape index (κ1) is 15.5. The van der Waals surface area contributed by atoms with Crippen molar-refractivity contribution in [3.05, 3.63) is 29.6 Å². The summed E-state index contributed by atoms with van der Waals surface area (Å²) in [6.07, 6.45) is 8.01. The minimum Gasteiger partial charge on any atom is -0.338 e. The van der Waals surface area contributed by atoms with Gasteiger partial charge in [0.05, 0.1) is 17.7 Å². The Hall–Kier alpha value is -1.86. The largest absolute Gasteiger partial charge is 0.338 e. The third-order valence-electron chi connectivity index (χ3n) is 4.26. The summed E-state index contributed by atoms with van der Waals surface area (Å²) in [4.78, 5) is 18.7. The molecule has 1 aliphatic rings. The summed E-state index contributed by atoms with van der Waals surface area (Å²) in [5, 5.41) is 0. The second-order valence-electron chi connectivity index (χ2n) is 5.67. The van der Waals surface area contributed by atoms with Crippen molar-refractivity contribution in [1.82, 2.24) is 9.88 Å². The Morgan fingerprint density at radius 1 is 1.48 bits per heavy atom. The lowest BCUT2D eigenvalue weighted by atomic mass is 9.85. The van der Waals surface area contributed by atoms with Crippen molar-refractivity contribution < 1.29 is 4.79 Å². The lowest BCUT2D eigenvalue weighted by Crippen LogP contribution is -2.42. The number of hydrogen-bond donors (Lipinski definition) is 1. The summed E-state index contributed by atoms with van der Waals surface area (Å²) in [5.74, 6) is 6.31. The Morgan fingerprint density at radius 2 is 2.24 bits per heavy atom. The van der Waals surface area contributed by atoms with Gasteiger partial charge in [0.1, 0.15) is 0 Å². The molecule has 2 unspecified atom stereocenters. The zero-order valence-corrected chi connectivity index (χ0v) is 12.8. The molecular formula is C17H23N3O. The Morgan fingerprint density at radius 3 is 2.95 bits per heavy atom. The maximum absolute atomic E-state index is 12.8. The zero-order chi connectivity index (χ0) is 15.2. The van der Waals surface area contributed by atoms with E-state index in [9.17, 15) is 4.79 Å². The second kappa shape index (κ2) is 7.24. The molecule has 1 aromatic heterocycles. The fraction of sp³-hybridized carbons (Fsp3) is 0.529. The number of nitrogens with zero attached hydrogens (tertiary/aromatic N) is 2. The van der Waals surface area contributed by atoms with Gasteiger partial charge < -0.3 is 10.6 Å². The van der Waals surface area contributed by atoms with E-state index in [4.69, 9.17) is 5.73 Å². The average Bonchev–Trinajstić information content (AvgIpc) is 2.52. The number of nitrogens with two attached hydrogens (primary N) is 1. The van der Waals surface area contributed by atoms with Crippen LogP contribution in [0.15, 0.2) is 18.5 Å². The van der Waals surface area contributed by atoms with Gasteiger partial charge >= 0.3 is 0 Å². The van der Waals surface area contributed by atoms with Crippen molar-refractivity contribution in [1.29, 1.82) is 0 Å². The van der Waals surface area contributed by atoms with Gasteiger partial charge in [-0.25, -0.2) is 0 Å². The zero-order valence-electron chi connectivity index (χ0n) is 12.8. The van der Waals surface area contributed by atoms with Gasteiger partial charge in [0.25, 0.3) is 5.91 Å². The number of carbonyl (C=O) groups is 1. The van der Waals surface area contributed by atoms with Crippen LogP contribution in [0.5, 0.6) is 0 Å². The van der Waals surface area contributed by atoms with E-state index in [0.717, 1.165) is 6.42 Å². The Balaban J connectivity index is 2.23. The van der Waals surface area contributed by atoms with E-state index in [2.05, 4.69) is 23.7 Å². The van der Waals surface area contributed by atoms with E-state index in [-0.39, 0.29) is 12.5 Å². The molecule has 0 aromatic carbocycles. The molecule has 112 valence electrons. The maximum atomic E-state index is 12.8. The van der Waals surface area contributed by atoms with Crippen LogP contribution in [0.25, 0.3) is 0 Å². The molecule has 1 heterocycles. The van der Waals surface area contributed by atoms with Gasteiger partial charge in [0, 0.05) is 25.5 Å². The monoisotopic (exact) mass is 285 g/mol. The van der Waals surface area contributed by atoms with Crippen molar-refractivity contribution in [2.75, 3.05) is 13.6 Å². The summed E-state index contributed by atoms with van der Waals surface area (Å²) in [5.41, 5.74) is 6.68. The highest BCUT2D eigenvalue weighted by atomic mass is 16.2. The van der Waals surface area contributed by atoms with Crippen LogP contribution in [0.3, 0.4) is 0 Å². The van der Waals surface area contributed by atoms with Gasteiger partial charge in [-0.3, -0.25) is 9.78 Å². The highest BCUT2D eigenvalue weighted by molar-refractivity contribution is 5.96. The Bertz CT molecular complexity index is 559. The van der Waals surface area contributed by atoms with Gasteiger partial charge in [-0.1, -0.05) is 31.6 Å². The van der Waals surface area contributed by atoms with E-state index in [1.54, 1.807) is 18.5 Å². The van der Waals surface area contributed by atoms with Crippen LogP contribution < -0.4 is 5.73 Å². The standard InChI is InChI=1S/C17H23N3O/c1-13-6-3-4-8-16(13)20(2)17(21)15-9-11-19-12-14(15)7-5-10-18/h9,11-13,16H,3-4,6,8,10,18H2,1-2H3. The van der Waals surface area contributed by atoms with E-state index in [0.29, 0.717) is 23.1 Å². The molecule has 4 heteroatoms. The molecule has 0 bridgehead atoms. The first-order valence-corrected chi connectivity index (χ1v) is 7.55. The minimum absolute atomic E-state index is 0.0254. The molecule has 2 rings (SSSR count). The third-order valence-corrected chi connectivity index (χ3v) is 4.26. The topological polar surface area (TPSA) is 59.2 Å². The van der Waals surface area contributed by atoms with E-state index >= 15 is 0 Å². The number of pyridine rings is 1. The summed E-state index contributed by atoms with van der Waals surface area (Å²) in [6.45, 7) is 2.51. The quantitative estimate of drug-likeness (QED) is 0.846. The molecule has 21 heavy (non-hydrogen) atoms. The molecule has 0 saturated heterocycles. The van der Waals surface area contributed by atoms with Crippen molar-refractivity contribution >= 4 is 5.91 Å². The number of hydrogen-bond acceptors (Lipinski definition) is 3. The fourth-order valence-corrected chi connectivity index (χ4v) is 3.04. The molecule has 1 amide bonds. The molecule has 0 radical (unpaired) electrons. The first-order chi connectivity index (χ1) is 10.1. The predicted molar refractivity (Wildman–Crippen MR) is 83.7 cm³/mol. The average molecular weight is 285 g/mol. The molecular weight excluding hydrogens is 262 g/mol. The molecule has 1 saturated carbocycles. The summed E-state index contributed by atoms with van der Waals surface area (Å²) >= 11 is 0. The number of aromatic nitrogens is 1. The van der Waals surface area contributed by atoms with Crippen LogP contribution in [0, 0.1) is 17.8 Å². The summed E-state index contributed by atoms with van der Waals surface area (Å²) in [6, 6.07) is 2.06. The van der Waals surface area contributed by atoms with E-state index in [1.807, 2.05) is 11.9 Å². The Labute approximate surface area is 126 Å². The third kappa shape index (κ3) is 3.62. The van der Waals surface area contributed by atoms with Gasteiger partial charge in [-0.15, -0.1) is 0 Å². The van der Waals surface area contributed by atoms with Gasteiger partial charge in [0.15, 0.2) is 0 Å². The predicted octanol–water partition coefficient (Wildman–Crippen LogP) is 2.04. The van der Waals surface area contributed by atoms with Gasteiger partial charge in [-0.05, 0) is 24.8 Å². The summed E-state index contributed by atoms with van der Waals surface area (Å²) in [7, 11) is 1.90. The molecule has 4 nitrogen and oxygen atoms in total. The van der Waals surface area contributed by atoms with Crippen molar-refractivity contribution in [2.45, 2.75) is 38.6 Å². The maximum Gasteiger partial charge on any atom is 0.255 e. The highest BCUT2D eigenvalue weighted by Crippen LogP contribution is 2.28. The number of amides is 1. The fourth-order valence-electron chi connectivity index (χ4n) is 3.04. The number of rotatable bonds is 2. The van der Waals surface area contributed by atoms with E-state index < -0.39 is 0 Å². The normalized spacial score (nSPS) is 21.3. The highest BCUT2D eigenvalue weighted by Gasteiger charge is 2.29. The van der Waals surface area contributed by atoms with Gasteiger partial charge in [0.2, 0.25) is 0 Å². The van der Waals surface area contributed by atoms with Crippen molar-refractivity contribution in [3.63, 3.8) is 0 Å². The molecule has 1 aromatic rings. The lowest BCUT2D eigenvalue weighted by Gasteiger charge is -2.36. The molecule has 1 aliphatic carbocycles. The minimum atomic E-state index is 0.0254. The molecule has 0 spiro atoms. The van der Waals surface area contributed by atoms with Crippen LogP contribution in [-0.2, 0) is 0 Å². The van der Waals surface area contributed by atoms with Gasteiger partial charge in [-0.2, -0.15) is 0 Å². The lowest BCUT2D eigenvalue weighted by molar-refractivity contribution is 0.0628. The molecule has 0 aliphatic heterocycles. The van der Waals surface area contributed by atoms with Crippen LogP contribution >= 0.6 is 0 Å². The van der Waals surface area contributed by atoms with Crippen LogP contribution in [0.4, 0.5) is 0 Å². The number of carbonyl (C=O) groups excluding carboxylic acids is 1. The first-order valence-electron chi connectivity index (χ1n) is 7.55. The molecule has 2 atom stereocenters. The van der Waals surface area contributed by atoms with Crippen LogP contribution in [-0.4, -0.2) is 35.4 Å². The second-order valence-corrected chi connectivity index (χ2v) is 5.67. The smallest absolute Gasteiger partial charge is 0.255 e.